The Morgan fingerprint density at radius 1 is 1.09 bits per heavy atom. The largest absolute Gasteiger partial charge is 0.365 e. The van der Waals surface area contributed by atoms with Gasteiger partial charge in [-0.05, 0) is 53.9 Å². The van der Waals surface area contributed by atoms with Crippen LogP contribution in [0.5, 0.6) is 0 Å². The van der Waals surface area contributed by atoms with Gasteiger partial charge in [-0.15, -0.1) is 0 Å². The Morgan fingerprint density at radius 3 is 2.59 bits per heavy atom. The van der Waals surface area contributed by atoms with E-state index in [0.29, 0.717) is 46.9 Å². The van der Waals surface area contributed by atoms with Crippen LogP contribution < -0.4 is 11.1 Å². The minimum absolute atomic E-state index is 0.0124. The summed E-state index contributed by atoms with van der Waals surface area (Å²) in [5, 5.41) is 7.33. The van der Waals surface area contributed by atoms with Crippen LogP contribution in [-0.4, -0.2) is 41.6 Å². The first kappa shape index (κ1) is 22.1. The average Bonchev–Trinajstić information content (AvgIpc) is 3.30. The second kappa shape index (κ2) is 7.94. The number of aromatic nitrogens is 2. The van der Waals surface area contributed by atoms with E-state index in [2.05, 4.69) is 10.4 Å². The van der Waals surface area contributed by atoms with E-state index < -0.39 is 15.7 Å². The quantitative estimate of drug-likeness (QED) is 0.592. The summed E-state index contributed by atoms with van der Waals surface area (Å²) in [7, 11) is -3.14. The summed E-state index contributed by atoms with van der Waals surface area (Å²) in [6.45, 7) is 2.43. The fraction of sp³-hybridized carbons (Fsp3) is 0.261. The molecule has 2 aliphatic rings. The molecule has 0 saturated carbocycles. The topological polar surface area (TPSA) is 127 Å². The molecule has 1 aromatic heterocycles. The highest BCUT2D eigenvalue weighted by molar-refractivity contribution is 7.90. The standard InChI is InChI=1S/C23H22FN5O4S/c1-13-8-14(3-5-18(13)24)21-20(22(25)30)19-10-28(6-7-29(19)27-21)23(31)26-17-4-2-15-11-34(32,33)12-16(15)9-17/h2-5,8-9H,6-7,10-12H2,1H3,(H2,25,30)(H,26,31). The zero-order chi connectivity index (χ0) is 24.2. The molecule has 3 amide bonds. The number of sulfone groups is 1. The molecule has 34 heavy (non-hydrogen) atoms. The minimum atomic E-state index is -3.14. The summed E-state index contributed by atoms with van der Waals surface area (Å²) in [5.74, 6) is -1.07. The predicted molar refractivity (Wildman–Crippen MR) is 123 cm³/mol. The van der Waals surface area contributed by atoms with Crippen molar-refractivity contribution < 1.29 is 22.4 Å². The van der Waals surface area contributed by atoms with Gasteiger partial charge in [0.2, 0.25) is 0 Å². The van der Waals surface area contributed by atoms with E-state index in [4.69, 9.17) is 5.73 Å². The number of halogens is 1. The summed E-state index contributed by atoms with van der Waals surface area (Å²) in [6, 6.07) is 9.14. The number of primary amides is 1. The summed E-state index contributed by atoms with van der Waals surface area (Å²) >= 11 is 0. The first-order valence-corrected chi connectivity index (χ1v) is 12.5. The summed E-state index contributed by atoms with van der Waals surface area (Å²) < 4.78 is 39.1. The van der Waals surface area contributed by atoms with Gasteiger partial charge in [-0.3, -0.25) is 9.48 Å². The van der Waals surface area contributed by atoms with Gasteiger partial charge >= 0.3 is 6.03 Å². The van der Waals surface area contributed by atoms with E-state index in [1.165, 1.54) is 11.0 Å². The van der Waals surface area contributed by atoms with Crippen LogP contribution >= 0.6 is 0 Å². The van der Waals surface area contributed by atoms with Gasteiger partial charge in [0.15, 0.2) is 9.84 Å². The van der Waals surface area contributed by atoms with Gasteiger partial charge in [-0.1, -0.05) is 6.07 Å². The van der Waals surface area contributed by atoms with E-state index in [1.807, 2.05) is 0 Å². The van der Waals surface area contributed by atoms with Crippen LogP contribution in [-0.2, 0) is 34.4 Å². The maximum absolute atomic E-state index is 13.7. The molecule has 0 radical (unpaired) electrons. The van der Waals surface area contributed by atoms with Crippen molar-refractivity contribution in [2.24, 2.45) is 5.73 Å². The highest BCUT2D eigenvalue weighted by atomic mass is 32.2. The van der Waals surface area contributed by atoms with Crippen LogP contribution in [0.15, 0.2) is 36.4 Å². The Bertz CT molecular complexity index is 1460. The number of carbonyl (C=O) groups excluding carboxylic acids is 2. The molecule has 0 atom stereocenters. The maximum atomic E-state index is 13.7. The van der Waals surface area contributed by atoms with Gasteiger partial charge in [-0.25, -0.2) is 17.6 Å². The minimum Gasteiger partial charge on any atom is -0.365 e. The van der Waals surface area contributed by atoms with E-state index in [0.717, 1.165) is 5.56 Å². The molecule has 176 valence electrons. The molecular formula is C23H22FN5O4S. The highest BCUT2D eigenvalue weighted by Crippen LogP contribution is 2.30. The molecule has 3 N–H and O–H groups in total. The Balaban J connectivity index is 1.40. The summed E-state index contributed by atoms with van der Waals surface area (Å²) in [6.07, 6.45) is 0. The average molecular weight is 484 g/mol. The Kier molecular flexibility index (Phi) is 5.16. The molecule has 0 bridgehead atoms. The van der Waals surface area contributed by atoms with E-state index in [9.17, 15) is 22.4 Å². The molecule has 2 aromatic carbocycles. The molecule has 3 heterocycles. The Hall–Kier alpha value is -3.73. The second-order valence-electron chi connectivity index (χ2n) is 8.59. The Morgan fingerprint density at radius 2 is 1.85 bits per heavy atom. The molecule has 9 nitrogen and oxygen atoms in total. The molecule has 5 rings (SSSR count). The van der Waals surface area contributed by atoms with Crippen molar-refractivity contribution in [3.63, 3.8) is 0 Å². The lowest BCUT2D eigenvalue weighted by molar-refractivity contribution is 0.0997. The van der Waals surface area contributed by atoms with Crippen LogP contribution in [0.2, 0.25) is 0 Å². The molecule has 0 saturated heterocycles. The van der Waals surface area contributed by atoms with Crippen LogP contribution in [0.3, 0.4) is 0 Å². The van der Waals surface area contributed by atoms with Crippen molar-refractivity contribution in [1.82, 2.24) is 14.7 Å². The molecule has 0 aliphatic carbocycles. The number of aryl methyl sites for hydroxylation is 1. The lowest BCUT2D eigenvalue weighted by Crippen LogP contribution is -2.41. The second-order valence-corrected chi connectivity index (χ2v) is 10.7. The third-order valence-corrected chi connectivity index (χ3v) is 7.66. The molecule has 11 heteroatoms. The zero-order valence-corrected chi connectivity index (χ0v) is 19.2. The van der Waals surface area contributed by atoms with Crippen LogP contribution in [0.1, 0.15) is 32.7 Å². The maximum Gasteiger partial charge on any atom is 0.322 e. The van der Waals surface area contributed by atoms with Crippen molar-refractivity contribution >= 4 is 27.5 Å². The number of benzene rings is 2. The monoisotopic (exact) mass is 483 g/mol. The third kappa shape index (κ3) is 3.92. The number of nitrogens with zero attached hydrogens (tertiary/aromatic N) is 3. The van der Waals surface area contributed by atoms with Gasteiger partial charge in [0, 0.05) is 17.8 Å². The Labute approximate surface area is 195 Å². The number of hydrogen-bond acceptors (Lipinski definition) is 5. The number of anilines is 1. The van der Waals surface area contributed by atoms with Crippen molar-refractivity contribution in [3.05, 3.63) is 70.2 Å². The number of carbonyl (C=O) groups is 2. The van der Waals surface area contributed by atoms with Gasteiger partial charge in [0.05, 0.1) is 35.9 Å². The normalized spacial score (nSPS) is 16.1. The number of hydrogen-bond donors (Lipinski definition) is 2. The zero-order valence-electron chi connectivity index (χ0n) is 18.3. The number of rotatable bonds is 3. The van der Waals surface area contributed by atoms with Gasteiger partial charge in [0.1, 0.15) is 11.5 Å². The lowest BCUT2D eigenvalue weighted by atomic mass is 10.0. The van der Waals surface area contributed by atoms with E-state index in [1.54, 1.807) is 41.9 Å². The van der Waals surface area contributed by atoms with Gasteiger partial charge < -0.3 is 16.0 Å². The van der Waals surface area contributed by atoms with Crippen molar-refractivity contribution in [2.75, 3.05) is 11.9 Å². The van der Waals surface area contributed by atoms with Crippen LogP contribution in [0.25, 0.3) is 11.3 Å². The highest BCUT2D eigenvalue weighted by Gasteiger charge is 2.30. The smallest absolute Gasteiger partial charge is 0.322 e. The summed E-state index contributed by atoms with van der Waals surface area (Å²) in [5.41, 5.74) is 9.65. The number of amides is 3. The fourth-order valence-corrected chi connectivity index (χ4v) is 6.05. The first-order chi connectivity index (χ1) is 16.1. The van der Waals surface area contributed by atoms with Crippen LogP contribution in [0, 0.1) is 12.7 Å². The molecule has 2 aliphatic heterocycles. The SMILES string of the molecule is Cc1cc(-c2nn3c(c2C(N)=O)CN(C(=O)Nc2ccc4c(c2)CS(=O)(=O)C4)CC3)ccc1F. The molecule has 0 fully saturated rings. The first-order valence-electron chi connectivity index (χ1n) is 10.7. The molecular weight excluding hydrogens is 461 g/mol. The van der Waals surface area contributed by atoms with Gasteiger partial charge in [0.25, 0.3) is 5.91 Å². The number of nitrogens with two attached hydrogens (primary N) is 1. The van der Waals surface area contributed by atoms with E-state index >= 15 is 0 Å². The summed E-state index contributed by atoms with van der Waals surface area (Å²) in [4.78, 5) is 26.8. The molecule has 0 spiro atoms. The lowest BCUT2D eigenvalue weighted by Gasteiger charge is -2.28. The fourth-order valence-electron chi connectivity index (χ4n) is 4.45. The number of fused-ring (bicyclic) bond motifs is 2. The molecule has 0 unspecified atom stereocenters. The number of nitrogens with one attached hydrogen (secondary N) is 1. The predicted octanol–water partition coefficient (Wildman–Crippen LogP) is 2.57. The van der Waals surface area contributed by atoms with Crippen molar-refractivity contribution in [3.8, 4) is 11.3 Å². The van der Waals surface area contributed by atoms with Crippen molar-refractivity contribution in [1.29, 1.82) is 0 Å². The molecule has 3 aromatic rings. The van der Waals surface area contributed by atoms with E-state index in [-0.39, 0.29) is 35.5 Å². The number of urea groups is 1. The third-order valence-electron chi connectivity index (χ3n) is 6.15. The van der Waals surface area contributed by atoms with Crippen LogP contribution in [0.4, 0.5) is 14.9 Å². The van der Waals surface area contributed by atoms with Gasteiger partial charge in [-0.2, -0.15) is 5.10 Å². The van der Waals surface area contributed by atoms with Crippen molar-refractivity contribution in [2.45, 2.75) is 31.5 Å².